The molecule has 1 saturated heterocycles. The number of rotatable bonds is 5. The molecule has 1 atom stereocenters. The molecule has 1 rings (SSSR count). The molecular formula is C9H17F3N2S. The van der Waals surface area contributed by atoms with Gasteiger partial charge in [-0.3, -0.25) is 0 Å². The van der Waals surface area contributed by atoms with Gasteiger partial charge in [0.05, 0.1) is 0 Å². The highest BCUT2D eigenvalue weighted by atomic mass is 32.2. The molecule has 0 aromatic heterocycles. The molecule has 0 radical (unpaired) electrons. The summed E-state index contributed by atoms with van der Waals surface area (Å²) < 4.78 is 35.3. The molecule has 6 heteroatoms. The van der Waals surface area contributed by atoms with Gasteiger partial charge in [0, 0.05) is 24.9 Å². The largest absolute Gasteiger partial charge is 0.441 e. The van der Waals surface area contributed by atoms with E-state index in [0.717, 1.165) is 19.5 Å². The first kappa shape index (κ1) is 13.1. The molecule has 1 fully saturated rings. The summed E-state index contributed by atoms with van der Waals surface area (Å²) in [5, 5.41) is 3.07. The van der Waals surface area contributed by atoms with Crippen LogP contribution >= 0.6 is 11.8 Å². The Kier molecular flexibility index (Phi) is 5.22. The highest BCUT2D eigenvalue weighted by Gasteiger charge is 2.27. The van der Waals surface area contributed by atoms with Crippen LogP contribution in [0.1, 0.15) is 12.8 Å². The Hall–Kier alpha value is 0.0600. The van der Waals surface area contributed by atoms with Crippen molar-refractivity contribution in [2.45, 2.75) is 24.4 Å². The number of likely N-dealkylation sites (tertiary alicyclic amines) is 1. The van der Waals surface area contributed by atoms with Gasteiger partial charge in [0.15, 0.2) is 0 Å². The second-order valence-electron chi connectivity index (χ2n) is 3.77. The molecule has 2 nitrogen and oxygen atoms in total. The monoisotopic (exact) mass is 242 g/mol. The number of hydrogen-bond donors (Lipinski definition) is 1. The SMILES string of the molecule is CN1CCCC1CNCCSC(F)(F)F. The third kappa shape index (κ3) is 5.63. The summed E-state index contributed by atoms with van der Waals surface area (Å²) in [6.07, 6.45) is 2.34. The summed E-state index contributed by atoms with van der Waals surface area (Å²) in [5.41, 5.74) is -4.09. The standard InChI is InChI=1S/C9H17F3N2S/c1-14-5-2-3-8(14)7-13-4-6-15-9(10,11)12/h8,13H,2-7H2,1H3. The van der Waals surface area contributed by atoms with Crippen LogP contribution in [0.4, 0.5) is 13.2 Å². The quantitative estimate of drug-likeness (QED) is 0.742. The van der Waals surface area contributed by atoms with E-state index in [1.54, 1.807) is 0 Å². The highest BCUT2D eigenvalue weighted by Crippen LogP contribution is 2.29. The molecular weight excluding hydrogens is 225 g/mol. The van der Waals surface area contributed by atoms with Crippen molar-refractivity contribution in [3.8, 4) is 0 Å². The van der Waals surface area contributed by atoms with E-state index in [0.29, 0.717) is 12.6 Å². The number of thioether (sulfide) groups is 1. The van der Waals surface area contributed by atoms with Crippen LogP contribution < -0.4 is 5.32 Å². The maximum Gasteiger partial charge on any atom is 0.441 e. The van der Waals surface area contributed by atoms with E-state index in [-0.39, 0.29) is 17.5 Å². The van der Waals surface area contributed by atoms with Gasteiger partial charge in [0.25, 0.3) is 0 Å². The number of likely N-dealkylation sites (N-methyl/N-ethyl adjacent to an activating group) is 1. The number of halogens is 3. The lowest BCUT2D eigenvalue weighted by Crippen LogP contribution is -2.36. The van der Waals surface area contributed by atoms with Gasteiger partial charge in [-0.05, 0) is 38.2 Å². The van der Waals surface area contributed by atoms with Crippen molar-refractivity contribution in [1.29, 1.82) is 0 Å². The van der Waals surface area contributed by atoms with Gasteiger partial charge in [-0.25, -0.2) is 0 Å². The van der Waals surface area contributed by atoms with Crippen molar-refractivity contribution in [3.63, 3.8) is 0 Å². The van der Waals surface area contributed by atoms with Crippen molar-refractivity contribution in [3.05, 3.63) is 0 Å². The van der Waals surface area contributed by atoms with Crippen LogP contribution in [-0.2, 0) is 0 Å². The molecule has 0 aromatic carbocycles. The zero-order chi connectivity index (χ0) is 11.3. The third-order valence-electron chi connectivity index (χ3n) is 2.60. The molecule has 1 aliphatic rings. The lowest BCUT2D eigenvalue weighted by atomic mass is 10.2. The fourth-order valence-electron chi connectivity index (χ4n) is 1.74. The maximum absolute atomic E-state index is 11.8. The summed E-state index contributed by atoms with van der Waals surface area (Å²) in [4.78, 5) is 2.25. The van der Waals surface area contributed by atoms with Gasteiger partial charge in [-0.2, -0.15) is 13.2 Å². The molecule has 0 aliphatic carbocycles. The summed E-state index contributed by atoms with van der Waals surface area (Å²) in [6.45, 7) is 2.33. The van der Waals surface area contributed by atoms with Gasteiger partial charge in [0.1, 0.15) is 0 Å². The summed E-state index contributed by atoms with van der Waals surface area (Å²) in [5.74, 6) is 0.0972. The first-order chi connectivity index (χ1) is 6.99. The van der Waals surface area contributed by atoms with Crippen molar-refractivity contribution < 1.29 is 13.2 Å². The summed E-state index contributed by atoms with van der Waals surface area (Å²) in [7, 11) is 2.06. The Bertz CT molecular complexity index is 187. The average molecular weight is 242 g/mol. The fourth-order valence-corrected chi connectivity index (χ4v) is 2.22. The van der Waals surface area contributed by atoms with E-state index in [9.17, 15) is 13.2 Å². The molecule has 0 saturated carbocycles. The minimum absolute atomic E-state index is 0.0408. The van der Waals surface area contributed by atoms with E-state index < -0.39 is 5.51 Å². The zero-order valence-corrected chi connectivity index (χ0v) is 9.63. The van der Waals surface area contributed by atoms with Crippen LogP contribution in [0.5, 0.6) is 0 Å². The van der Waals surface area contributed by atoms with Crippen LogP contribution in [0, 0.1) is 0 Å². The lowest BCUT2D eigenvalue weighted by molar-refractivity contribution is -0.0327. The molecule has 0 spiro atoms. The predicted octanol–water partition coefficient (Wildman–Crippen LogP) is 1.92. The zero-order valence-electron chi connectivity index (χ0n) is 8.81. The van der Waals surface area contributed by atoms with Crippen molar-refractivity contribution in [1.82, 2.24) is 10.2 Å². The number of nitrogens with one attached hydrogen (secondary N) is 1. The highest BCUT2D eigenvalue weighted by molar-refractivity contribution is 8.00. The first-order valence-electron chi connectivity index (χ1n) is 5.10. The number of nitrogens with zero attached hydrogens (tertiary/aromatic N) is 1. The van der Waals surface area contributed by atoms with E-state index in [1.807, 2.05) is 0 Å². The number of hydrogen-bond acceptors (Lipinski definition) is 3. The topological polar surface area (TPSA) is 15.3 Å². The van der Waals surface area contributed by atoms with Crippen LogP contribution in [-0.4, -0.2) is 48.9 Å². The third-order valence-corrected chi connectivity index (χ3v) is 3.33. The van der Waals surface area contributed by atoms with Crippen LogP contribution in [0.25, 0.3) is 0 Å². The fraction of sp³-hybridized carbons (Fsp3) is 1.00. The number of alkyl halides is 3. The van der Waals surface area contributed by atoms with E-state index in [4.69, 9.17) is 0 Å². The molecule has 1 N–H and O–H groups in total. The van der Waals surface area contributed by atoms with Crippen molar-refractivity contribution in [2.75, 3.05) is 32.4 Å². The van der Waals surface area contributed by atoms with E-state index >= 15 is 0 Å². The van der Waals surface area contributed by atoms with Crippen molar-refractivity contribution >= 4 is 11.8 Å². The Morgan fingerprint density at radius 2 is 2.20 bits per heavy atom. The second-order valence-corrected chi connectivity index (χ2v) is 4.93. The molecule has 15 heavy (non-hydrogen) atoms. The predicted molar refractivity (Wildman–Crippen MR) is 57.0 cm³/mol. The summed E-state index contributed by atoms with van der Waals surface area (Å²) in [6, 6.07) is 0.501. The molecule has 1 unspecified atom stereocenters. The smallest absolute Gasteiger partial charge is 0.314 e. The Morgan fingerprint density at radius 1 is 1.47 bits per heavy atom. The lowest BCUT2D eigenvalue weighted by Gasteiger charge is -2.19. The molecule has 1 aliphatic heterocycles. The molecule has 1 heterocycles. The maximum atomic E-state index is 11.8. The van der Waals surface area contributed by atoms with E-state index in [2.05, 4.69) is 17.3 Å². The minimum Gasteiger partial charge on any atom is -0.314 e. The van der Waals surface area contributed by atoms with Crippen LogP contribution in [0.3, 0.4) is 0 Å². The Morgan fingerprint density at radius 3 is 2.73 bits per heavy atom. The van der Waals surface area contributed by atoms with Gasteiger partial charge >= 0.3 is 5.51 Å². The minimum atomic E-state index is -4.09. The van der Waals surface area contributed by atoms with E-state index in [1.165, 1.54) is 6.42 Å². The van der Waals surface area contributed by atoms with Crippen LogP contribution in [0.2, 0.25) is 0 Å². The molecule has 0 aromatic rings. The molecule has 0 amide bonds. The van der Waals surface area contributed by atoms with Gasteiger partial charge in [0.2, 0.25) is 0 Å². The second kappa shape index (κ2) is 5.96. The van der Waals surface area contributed by atoms with Gasteiger partial charge in [-0.15, -0.1) is 0 Å². The van der Waals surface area contributed by atoms with Crippen LogP contribution in [0.15, 0.2) is 0 Å². The average Bonchev–Trinajstić information content (AvgIpc) is 2.49. The first-order valence-corrected chi connectivity index (χ1v) is 6.09. The Balaban J connectivity index is 1.97. The van der Waals surface area contributed by atoms with Gasteiger partial charge < -0.3 is 10.2 Å². The van der Waals surface area contributed by atoms with Crippen molar-refractivity contribution in [2.24, 2.45) is 0 Å². The molecule has 90 valence electrons. The van der Waals surface area contributed by atoms with Gasteiger partial charge in [-0.1, -0.05) is 0 Å². The Labute approximate surface area is 92.6 Å². The summed E-state index contributed by atoms with van der Waals surface area (Å²) >= 11 is 0.0408. The molecule has 0 bridgehead atoms. The normalized spacial score (nSPS) is 23.6.